The van der Waals surface area contributed by atoms with E-state index in [1.54, 1.807) is 0 Å². The van der Waals surface area contributed by atoms with Crippen LogP contribution >= 0.6 is 0 Å². The Morgan fingerprint density at radius 2 is 2.25 bits per heavy atom. The summed E-state index contributed by atoms with van der Waals surface area (Å²) in [4.78, 5) is 23.7. The molecule has 1 saturated heterocycles. The van der Waals surface area contributed by atoms with Gasteiger partial charge in [-0.05, 0) is 12.8 Å². The molecule has 0 radical (unpaired) electrons. The number of hydrogen-bond acceptors (Lipinski definition) is 4. The van der Waals surface area contributed by atoms with Crippen molar-refractivity contribution >= 4 is 12.0 Å². The lowest BCUT2D eigenvalue weighted by Crippen LogP contribution is -2.54. The smallest absolute Gasteiger partial charge is 0.328 e. The predicted octanol–water partition coefficient (Wildman–Crippen LogP) is -1.44. The molecule has 7 heteroatoms. The van der Waals surface area contributed by atoms with Crippen LogP contribution in [-0.2, 0) is 4.79 Å². The lowest BCUT2D eigenvalue weighted by molar-refractivity contribution is -0.140. The third kappa shape index (κ3) is 3.35. The molecule has 0 saturated carbocycles. The van der Waals surface area contributed by atoms with Crippen LogP contribution in [0.15, 0.2) is 0 Å². The van der Waals surface area contributed by atoms with Gasteiger partial charge in [-0.2, -0.15) is 0 Å². The number of rotatable bonds is 3. The fourth-order valence-electron chi connectivity index (χ4n) is 1.62. The molecule has 1 fully saturated rings. The molecule has 0 bridgehead atoms. The number of nitrogens with one attached hydrogen (secondary N) is 1. The summed E-state index contributed by atoms with van der Waals surface area (Å²) in [5.41, 5.74) is 5.70. The number of hydrogen-bond donors (Lipinski definition) is 4. The number of urea groups is 1. The summed E-state index contributed by atoms with van der Waals surface area (Å²) in [5.74, 6) is -1.25. The Morgan fingerprint density at radius 3 is 2.75 bits per heavy atom. The first-order valence-corrected chi connectivity index (χ1v) is 5.19. The van der Waals surface area contributed by atoms with Crippen molar-refractivity contribution in [2.75, 3.05) is 19.7 Å². The van der Waals surface area contributed by atoms with Crippen LogP contribution in [0.2, 0.25) is 0 Å². The molecule has 0 spiro atoms. The van der Waals surface area contributed by atoms with E-state index in [4.69, 9.17) is 15.9 Å². The highest BCUT2D eigenvalue weighted by molar-refractivity contribution is 5.82. The summed E-state index contributed by atoms with van der Waals surface area (Å²) in [6.07, 6.45) is 1.68. The largest absolute Gasteiger partial charge is 0.480 e. The van der Waals surface area contributed by atoms with Crippen LogP contribution in [0.1, 0.15) is 12.8 Å². The molecule has 2 atom stereocenters. The molecule has 5 N–H and O–H groups in total. The van der Waals surface area contributed by atoms with Crippen molar-refractivity contribution in [3.05, 3.63) is 0 Å². The highest BCUT2D eigenvalue weighted by Gasteiger charge is 2.25. The fraction of sp³-hybridized carbons (Fsp3) is 0.778. The number of aliphatic carboxylic acids is 1. The van der Waals surface area contributed by atoms with Gasteiger partial charge in [0.15, 0.2) is 6.04 Å². The first-order valence-electron chi connectivity index (χ1n) is 5.19. The van der Waals surface area contributed by atoms with Crippen LogP contribution in [0.3, 0.4) is 0 Å². The van der Waals surface area contributed by atoms with Crippen LogP contribution in [0.25, 0.3) is 0 Å². The molecular formula is C9H17N3O4. The third-order valence-electron chi connectivity index (χ3n) is 2.52. The number of aliphatic hydroxyl groups is 1. The van der Waals surface area contributed by atoms with Gasteiger partial charge < -0.3 is 26.2 Å². The molecule has 7 nitrogen and oxygen atoms in total. The minimum atomic E-state index is -1.26. The highest BCUT2D eigenvalue weighted by atomic mass is 16.4. The van der Waals surface area contributed by atoms with Gasteiger partial charge in [-0.3, -0.25) is 0 Å². The average Bonchev–Trinajstić information content (AvgIpc) is 2.25. The van der Waals surface area contributed by atoms with Gasteiger partial charge in [-0.15, -0.1) is 0 Å². The van der Waals surface area contributed by atoms with Crippen LogP contribution < -0.4 is 11.1 Å². The zero-order chi connectivity index (χ0) is 12.1. The number of amides is 2. The van der Waals surface area contributed by atoms with E-state index < -0.39 is 24.6 Å². The standard InChI is InChI=1S/C9H17N3O4/c10-6-2-1-3-12(4-6)9(16)11-7(5-13)8(14)15/h6-7,13H,1-5,10H2,(H,11,16)(H,14,15)/t6?,7-/m1/s1. The van der Waals surface area contributed by atoms with E-state index in [-0.39, 0.29) is 6.04 Å². The number of likely N-dealkylation sites (tertiary alicyclic amines) is 1. The Labute approximate surface area is 93.2 Å². The molecule has 92 valence electrons. The van der Waals surface area contributed by atoms with Crippen LogP contribution in [0, 0.1) is 0 Å². The molecule has 1 rings (SSSR count). The van der Waals surface area contributed by atoms with Crippen molar-refractivity contribution in [2.24, 2.45) is 5.73 Å². The SMILES string of the molecule is NC1CCCN(C(=O)N[C@H](CO)C(=O)O)C1. The van der Waals surface area contributed by atoms with Crippen molar-refractivity contribution in [1.29, 1.82) is 0 Å². The first-order chi connectivity index (χ1) is 7.54. The van der Waals surface area contributed by atoms with Gasteiger partial charge in [0.1, 0.15) is 0 Å². The Bertz CT molecular complexity index is 271. The minimum absolute atomic E-state index is 0.0584. The Balaban J connectivity index is 2.47. The maximum atomic E-state index is 11.6. The van der Waals surface area contributed by atoms with Crippen LogP contribution in [0.5, 0.6) is 0 Å². The van der Waals surface area contributed by atoms with E-state index in [1.165, 1.54) is 4.90 Å². The van der Waals surface area contributed by atoms with Crippen molar-refractivity contribution in [1.82, 2.24) is 10.2 Å². The van der Waals surface area contributed by atoms with E-state index >= 15 is 0 Å². The summed E-state index contributed by atoms with van der Waals surface area (Å²) in [5, 5.41) is 19.6. The number of carboxylic acid groups (broad SMARTS) is 1. The molecule has 0 aromatic heterocycles. The molecular weight excluding hydrogens is 214 g/mol. The molecule has 2 amide bonds. The molecule has 16 heavy (non-hydrogen) atoms. The first kappa shape index (κ1) is 12.7. The number of nitrogens with zero attached hydrogens (tertiary/aromatic N) is 1. The zero-order valence-corrected chi connectivity index (χ0v) is 8.93. The number of carboxylic acids is 1. The third-order valence-corrected chi connectivity index (χ3v) is 2.52. The Kier molecular flexibility index (Phi) is 4.51. The second-order valence-electron chi connectivity index (χ2n) is 3.87. The molecule has 0 aliphatic carbocycles. The number of carbonyl (C=O) groups excluding carboxylic acids is 1. The Morgan fingerprint density at radius 1 is 1.56 bits per heavy atom. The molecule has 1 unspecified atom stereocenters. The van der Waals surface area contributed by atoms with Gasteiger partial charge in [0, 0.05) is 19.1 Å². The van der Waals surface area contributed by atoms with Crippen molar-refractivity contribution in [3.8, 4) is 0 Å². The molecule has 0 aromatic carbocycles. The second-order valence-corrected chi connectivity index (χ2v) is 3.87. The fourth-order valence-corrected chi connectivity index (χ4v) is 1.62. The number of aliphatic hydroxyl groups excluding tert-OH is 1. The van der Waals surface area contributed by atoms with E-state index in [0.29, 0.717) is 13.1 Å². The summed E-state index contributed by atoms with van der Waals surface area (Å²) in [6, 6.07) is -1.81. The normalized spacial score (nSPS) is 22.6. The number of nitrogens with two attached hydrogens (primary N) is 1. The van der Waals surface area contributed by atoms with E-state index in [2.05, 4.69) is 5.32 Å². The van der Waals surface area contributed by atoms with Crippen LogP contribution in [0.4, 0.5) is 4.79 Å². The Hall–Kier alpha value is -1.34. The average molecular weight is 231 g/mol. The molecule has 1 heterocycles. The number of piperidine rings is 1. The zero-order valence-electron chi connectivity index (χ0n) is 8.93. The summed E-state index contributed by atoms with van der Waals surface area (Å²) in [7, 11) is 0. The second kappa shape index (κ2) is 5.66. The topological polar surface area (TPSA) is 116 Å². The van der Waals surface area contributed by atoms with E-state index in [9.17, 15) is 9.59 Å². The maximum Gasteiger partial charge on any atom is 0.328 e. The number of carbonyl (C=O) groups is 2. The van der Waals surface area contributed by atoms with Gasteiger partial charge in [-0.1, -0.05) is 0 Å². The van der Waals surface area contributed by atoms with Crippen molar-refractivity contribution < 1.29 is 19.8 Å². The van der Waals surface area contributed by atoms with Gasteiger partial charge in [0.2, 0.25) is 0 Å². The predicted molar refractivity (Wildman–Crippen MR) is 55.8 cm³/mol. The van der Waals surface area contributed by atoms with E-state index in [1.807, 2.05) is 0 Å². The highest BCUT2D eigenvalue weighted by Crippen LogP contribution is 2.08. The summed E-state index contributed by atoms with van der Waals surface area (Å²) < 4.78 is 0. The summed E-state index contributed by atoms with van der Waals surface area (Å²) >= 11 is 0. The van der Waals surface area contributed by atoms with Gasteiger partial charge >= 0.3 is 12.0 Å². The maximum absolute atomic E-state index is 11.6. The van der Waals surface area contributed by atoms with Crippen LogP contribution in [-0.4, -0.2) is 58.9 Å². The lowest BCUT2D eigenvalue weighted by atomic mass is 10.1. The quantitative estimate of drug-likeness (QED) is 0.475. The van der Waals surface area contributed by atoms with Gasteiger partial charge in [0.05, 0.1) is 6.61 Å². The molecule has 1 aliphatic heterocycles. The lowest BCUT2D eigenvalue weighted by Gasteiger charge is -2.31. The van der Waals surface area contributed by atoms with E-state index in [0.717, 1.165) is 12.8 Å². The van der Waals surface area contributed by atoms with Gasteiger partial charge in [0.25, 0.3) is 0 Å². The monoisotopic (exact) mass is 231 g/mol. The van der Waals surface area contributed by atoms with Crippen molar-refractivity contribution in [2.45, 2.75) is 24.9 Å². The molecule has 0 aromatic rings. The van der Waals surface area contributed by atoms with Gasteiger partial charge in [-0.25, -0.2) is 9.59 Å². The van der Waals surface area contributed by atoms with Crippen molar-refractivity contribution in [3.63, 3.8) is 0 Å². The molecule has 1 aliphatic rings. The summed E-state index contributed by atoms with van der Waals surface area (Å²) in [6.45, 7) is 0.363. The minimum Gasteiger partial charge on any atom is -0.480 e.